The van der Waals surface area contributed by atoms with Crippen molar-refractivity contribution < 1.29 is 4.79 Å². The summed E-state index contributed by atoms with van der Waals surface area (Å²) in [7, 11) is 0. The number of rotatable bonds is 1. The van der Waals surface area contributed by atoms with Crippen LogP contribution in [0.25, 0.3) is 0 Å². The lowest BCUT2D eigenvalue weighted by Crippen LogP contribution is -2.32. The van der Waals surface area contributed by atoms with E-state index >= 15 is 0 Å². The molecule has 4 rings (SSSR count). The maximum atomic E-state index is 12.6. The molecule has 5 nitrogen and oxygen atoms in total. The van der Waals surface area contributed by atoms with Crippen LogP contribution in [0.4, 0.5) is 5.82 Å². The van der Waals surface area contributed by atoms with Gasteiger partial charge < -0.3 is 10.3 Å². The molecule has 1 atom stereocenters. The van der Waals surface area contributed by atoms with Crippen molar-refractivity contribution >= 4 is 39.7 Å². The topological polar surface area (TPSA) is 77.8 Å². The van der Waals surface area contributed by atoms with Crippen molar-refractivity contribution in [1.82, 2.24) is 9.97 Å². The van der Waals surface area contributed by atoms with Crippen LogP contribution in [-0.2, 0) is 4.79 Å². The van der Waals surface area contributed by atoms with E-state index in [0.717, 1.165) is 28.6 Å². The molecule has 7 heteroatoms. The fourth-order valence-corrected chi connectivity index (χ4v) is 3.94. The summed E-state index contributed by atoms with van der Waals surface area (Å²) < 4.78 is 1.22. The summed E-state index contributed by atoms with van der Waals surface area (Å²) in [5, 5.41) is 3.23. The summed E-state index contributed by atoms with van der Waals surface area (Å²) in [6.07, 6.45) is 2.13. The number of hydrogen-bond acceptors (Lipinski definition) is 4. The van der Waals surface area contributed by atoms with E-state index in [1.165, 1.54) is 0 Å². The van der Waals surface area contributed by atoms with Crippen molar-refractivity contribution in [2.45, 2.75) is 25.2 Å². The van der Waals surface area contributed by atoms with Gasteiger partial charge >= 0.3 is 0 Å². The highest BCUT2D eigenvalue weighted by Gasteiger charge is 2.37. The standard InChI is InChI=1S/C17H14BrN3O2S/c18-9-6-4-8(5-7-9)12-13-10(2-1-3-11(13)22)19-15-14(12)16(23)21-17(24)20-15/h4-7,12H,1-3H2,(H3,19,20,21,23,24)/t12-/m1/s1. The summed E-state index contributed by atoms with van der Waals surface area (Å²) in [5.41, 5.74) is 2.76. The van der Waals surface area contributed by atoms with E-state index in [0.29, 0.717) is 23.4 Å². The molecular weight excluding hydrogens is 390 g/mol. The van der Waals surface area contributed by atoms with Crippen LogP contribution in [0.2, 0.25) is 0 Å². The maximum Gasteiger partial charge on any atom is 0.257 e. The number of ketones is 1. The van der Waals surface area contributed by atoms with Gasteiger partial charge in [-0.2, -0.15) is 0 Å². The zero-order chi connectivity index (χ0) is 16.8. The number of Topliss-reactive ketones (excluding diaryl/α,β-unsaturated/α-hetero) is 1. The van der Waals surface area contributed by atoms with Crippen LogP contribution in [0, 0.1) is 4.77 Å². The molecule has 0 amide bonds. The number of hydrogen-bond donors (Lipinski definition) is 3. The molecule has 1 aliphatic heterocycles. The van der Waals surface area contributed by atoms with Crippen LogP contribution in [0.15, 0.2) is 44.8 Å². The summed E-state index contributed by atoms with van der Waals surface area (Å²) in [6.45, 7) is 0. The zero-order valence-corrected chi connectivity index (χ0v) is 15.0. The molecule has 0 fully saturated rings. The number of benzene rings is 1. The number of fused-ring (bicyclic) bond motifs is 1. The third-order valence-electron chi connectivity index (χ3n) is 4.49. The molecule has 1 aromatic heterocycles. The fourth-order valence-electron chi connectivity index (χ4n) is 3.48. The lowest BCUT2D eigenvalue weighted by atomic mass is 9.76. The summed E-state index contributed by atoms with van der Waals surface area (Å²) in [5.74, 6) is 0.307. The average Bonchev–Trinajstić information content (AvgIpc) is 2.54. The molecule has 24 heavy (non-hydrogen) atoms. The number of H-pyrrole nitrogens is 2. The molecule has 3 N–H and O–H groups in total. The van der Waals surface area contributed by atoms with Crippen molar-refractivity contribution in [3.63, 3.8) is 0 Å². The van der Waals surface area contributed by atoms with Gasteiger partial charge in [-0.3, -0.25) is 14.6 Å². The normalized spacial score (nSPS) is 19.5. The van der Waals surface area contributed by atoms with Gasteiger partial charge in [0.25, 0.3) is 5.56 Å². The minimum absolute atomic E-state index is 0.101. The average molecular weight is 404 g/mol. The molecule has 0 bridgehead atoms. The first-order valence-corrected chi connectivity index (χ1v) is 8.90. The van der Waals surface area contributed by atoms with Gasteiger partial charge in [-0.1, -0.05) is 28.1 Å². The Hall–Kier alpha value is -1.99. The Bertz CT molecular complexity index is 988. The summed E-state index contributed by atoms with van der Waals surface area (Å²) >= 11 is 8.51. The molecule has 0 spiro atoms. The highest BCUT2D eigenvalue weighted by atomic mass is 79.9. The third-order valence-corrected chi connectivity index (χ3v) is 5.23. The van der Waals surface area contributed by atoms with E-state index in [1.807, 2.05) is 24.3 Å². The van der Waals surface area contributed by atoms with E-state index in [9.17, 15) is 9.59 Å². The van der Waals surface area contributed by atoms with Crippen LogP contribution >= 0.6 is 28.1 Å². The lowest BCUT2D eigenvalue weighted by Gasteiger charge is -2.32. The molecule has 2 heterocycles. The van der Waals surface area contributed by atoms with Crippen molar-refractivity contribution in [3.05, 3.63) is 66.3 Å². The molecule has 0 saturated carbocycles. The Morgan fingerprint density at radius 3 is 2.58 bits per heavy atom. The lowest BCUT2D eigenvalue weighted by molar-refractivity contribution is -0.116. The van der Waals surface area contributed by atoms with Crippen molar-refractivity contribution in [3.8, 4) is 0 Å². The van der Waals surface area contributed by atoms with Crippen molar-refractivity contribution in [2.75, 3.05) is 5.32 Å². The molecule has 2 aromatic rings. The van der Waals surface area contributed by atoms with Crippen LogP contribution in [0.1, 0.15) is 36.3 Å². The first kappa shape index (κ1) is 15.5. The number of anilines is 1. The quantitative estimate of drug-likeness (QED) is 0.633. The summed E-state index contributed by atoms with van der Waals surface area (Å²) in [6, 6.07) is 7.72. The van der Waals surface area contributed by atoms with Gasteiger partial charge in [-0.05, 0) is 42.8 Å². The van der Waals surface area contributed by atoms with Gasteiger partial charge in [0.1, 0.15) is 5.82 Å². The van der Waals surface area contributed by atoms with Gasteiger partial charge in [0.05, 0.1) is 5.56 Å². The minimum Gasteiger partial charge on any atom is -0.344 e. The number of nitrogens with one attached hydrogen (secondary N) is 3. The predicted octanol–water partition coefficient (Wildman–Crippen LogP) is 3.76. The Morgan fingerprint density at radius 1 is 1.08 bits per heavy atom. The minimum atomic E-state index is -0.382. The Labute approximate surface area is 151 Å². The second-order valence-electron chi connectivity index (χ2n) is 5.98. The van der Waals surface area contributed by atoms with E-state index in [4.69, 9.17) is 12.2 Å². The van der Waals surface area contributed by atoms with E-state index in [-0.39, 0.29) is 22.0 Å². The first-order valence-electron chi connectivity index (χ1n) is 7.70. The van der Waals surface area contributed by atoms with Gasteiger partial charge in [0.2, 0.25) is 0 Å². The number of allylic oxidation sites excluding steroid dienone is 2. The molecule has 0 saturated heterocycles. The van der Waals surface area contributed by atoms with Crippen molar-refractivity contribution in [2.24, 2.45) is 0 Å². The predicted molar refractivity (Wildman–Crippen MR) is 97.7 cm³/mol. The Kier molecular flexibility index (Phi) is 3.77. The molecule has 0 unspecified atom stereocenters. The van der Waals surface area contributed by atoms with Gasteiger partial charge in [0.15, 0.2) is 10.6 Å². The highest BCUT2D eigenvalue weighted by Crippen LogP contribution is 2.43. The van der Waals surface area contributed by atoms with Gasteiger partial charge in [-0.15, -0.1) is 0 Å². The maximum absolute atomic E-state index is 12.6. The fraction of sp³-hybridized carbons (Fsp3) is 0.235. The number of carbonyl (C=O) groups excluding carboxylic acids is 1. The van der Waals surface area contributed by atoms with Gasteiger partial charge in [0, 0.05) is 28.1 Å². The number of carbonyl (C=O) groups is 1. The molecule has 122 valence electrons. The largest absolute Gasteiger partial charge is 0.344 e. The monoisotopic (exact) mass is 403 g/mol. The number of halogens is 1. The molecule has 0 radical (unpaired) electrons. The Morgan fingerprint density at radius 2 is 1.83 bits per heavy atom. The van der Waals surface area contributed by atoms with E-state index in [1.54, 1.807) is 0 Å². The van der Waals surface area contributed by atoms with Gasteiger partial charge in [-0.25, -0.2) is 0 Å². The molecule has 1 aromatic carbocycles. The SMILES string of the molecule is O=C1CCCC2=C1[C@@H](c1ccc(Br)cc1)c1c([nH]c(=S)[nH]c1=O)N2. The summed E-state index contributed by atoms with van der Waals surface area (Å²) in [4.78, 5) is 30.9. The van der Waals surface area contributed by atoms with E-state index < -0.39 is 0 Å². The highest BCUT2D eigenvalue weighted by molar-refractivity contribution is 9.10. The number of aromatic amines is 2. The van der Waals surface area contributed by atoms with Crippen LogP contribution in [-0.4, -0.2) is 15.8 Å². The van der Waals surface area contributed by atoms with Crippen molar-refractivity contribution in [1.29, 1.82) is 0 Å². The zero-order valence-electron chi connectivity index (χ0n) is 12.6. The number of aromatic nitrogens is 2. The molecule has 2 aliphatic rings. The van der Waals surface area contributed by atoms with E-state index in [2.05, 4.69) is 31.2 Å². The van der Waals surface area contributed by atoms with Crippen LogP contribution in [0.3, 0.4) is 0 Å². The first-order chi connectivity index (χ1) is 11.5. The Balaban J connectivity index is 2.01. The van der Waals surface area contributed by atoms with Crippen LogP contribution < -0.4 is 10.9 Å². The van der Waals surface area contributed by atoms with Crippen LogP contribution in [0.5, 0.6) is 0 Å². The molecular formula is C17H14BrN3O2S. The second-order valence-corrected chi connectivity index (χ2v) is 7.30. The second kappa shape index (κ2) is 5.82. The third kappa shape index (κ3) is 2.48. The smallest absolute Gasteiger partial charge is 0.257 e. The molecule has 1 aliphatic carbocycles.